The van der Waals surface area contributed by atoms with Crippen LogP contribution in [0.3, 0.4) is 0 Å². The maximum Gasteiger partial charge on any atom is 0.307 e. The highest BCUT2D eigenvalue weighted by molar-refractivity contribution is 5.74. The number of carboxylic acid groups (broad SMARTS) is 1. The van der Waals surface area contributed by atoms with Gasteiger partial charge in [0.15, 0.2) is 0 Å². The van der Waals surface area contributed by atoms with Crippen LogP contribution in [0, 0.1) is 17.5 Å². The molecule has 4 nitrogen and oxygen atoms in total. The largest absolute Gasteiger partial charge is 0.481 e. The van der Waals surface area contributed by atoms with E-state index in [0.29, 0.717) is 33.8 Å². The molecule has 4 aromatic rings. The number of aliphatic carboxylic acids is 1. The Morgan fingerprint density at radius 1 is 0.781 bits per heavy atom. The van der Waals surface area contributed by atoms with E-state index in [1.165, 1.54) is 54.7 Å². The Morgan fingerprint density at radius 3 is 1.72 bits per heavy atom. The van der Waals surface area contributed by atoms with Crippen molar-refractivity contribution in [3.8, 4) is 11.3 Å². The summed E-state index contributed by atoms with van der Waals surface area (Å²) in [6.07, 6.45) is 1.11. The van der Waals surface area contributed by atoms with Gasteiger partial charge in [-0.05, 0) is 59.7 Å². The smallest absolute Gasteiger partial charge is 0.307 e. The maximum atomic E-state index is 13.5. The van der Waals surface area contributed by atoms with Crippen LogP contribution in [0.4, 0.5) is 13.2 Å². The van der Waals surface area contributed by atoms with Crippen molar-refractivity contribution in [1.29, 1.82) is 0 Å². The lowest BCUT2D eigenvalue weighted by Gasteiger charge is -2.19. The highest BCUT2D eigenvalue weighted by Gasteiger charge is 2.22. The second-order valence-corrected chi connectivity index (χ2v) is 7.22. The molecule has 0 saturated carbocycles. The van der Waals surface area contributed by atoms with Crippen molar-refractivity contribution in [1.82, 2.24) is 9.97 Å². The van der Waals surface area contributed by atoms with Crippen molar-refractivity contribution in [2.45, 2.75) is 12.3 Å². The third kappa shape index (κ3) is 4.67. The number of rotatable bonds is 6. The van der Waals surface area contributed by atoms with Gasteiger partial charge in [-0.15, -0.1) is 0 Å². The van der Waals surface area contributed by atoms with E-state index in [1.54, 1.807) is 24.3 Å². The molecule has 0 spiro atoms. The number of carboxylic acids is 1. The van der Waals surface area contributed by atoms with Crippen LogP contribution in [-0.2, 0) is 11.2 Å². The van der Waals surface area contributed by atoms with Crippen LogP contribution in [0.25, 0.3) is 11.3 Å². The first-order valence-corrected chi connectivity index (χ1v) is 9.75. The summed E-state index contributed by atoms with van der Waals surface area (Å²) in [5.74, 6) is -2.55. The van der Waals surface area contributed by atoms with Crippen molar-refractivity contribution in [2.24, 2.45) is 0 Å². The van der Waals surface area contributed by atoms with Gasteiger partial charge in [0.2, 0.25) is 0 Å². The zero-order valence-corrected chi connectivity index (χ0v) is 16.7. The fourth-order valence-corrected chi connectivity index (χ4v) is 3.51. The van der Waals surface area contributed by atoms with Gasteiger partial charge in [-0.2, -0.15) is 0 Å². The number of hydrogen-bond donors (Lipinski definition) is 1. The minimum absolute atomic E-state index is 0.315. The second-order valence-electron chi connectivity index (χ2n) is 7.22. The number of benzene rings is 3. The first-order valence-electron chi connectivity index (χ1n) is 9.75. The van der Waals surface area contributed by atoms with Crippen LogP contribution in [-0.4, -0.2) is 21.0 Å². The Hall–Kier alpha value is -4.00. The zero-order valence-electron chi connectivity index (χ0n) is 16.7. The standard InChI is InChI=1S/C25H17F3N2O2/c26-19-7-1-15(2-8-19)23(16-3-9-20(27)10-4-16)25-29-14-18(13-22(31)32)24(30-25)17-5-11-21(28)12-6-17/h1-12,14,23H,13H2,(H,31,32). The topological polar surface area (TPSA) is 63.1 Å². The third-order valence-electron chi connectivity index (χ3n) is 5.01. The summed E-state index contributed by atoms with van der Waals surface area (Å²) in [7, 11) is 0. The number of nitrogens with zero attached hydrogens (tertiary/aromatic N) is 2. The molecule has 0 radical (unpaired) electrons. The fraction of sp³-hybridized carbons (Fsp3) is 0.0800. The van der Waals surface area contributed by atoms with Crippen molar-refractivity contribution < 1.29 is 23.1 Å². The molecule has 0 amide bonds. The molecule has 0 unspecified atom stereocenters. The molecule has 0 aliphatic carbocycles. The van der Waals surface area contributed by atoms with Gasteiger partial charge in [0.1, 0.15) is 23.3 Å². The van der Waals surface area contributed by atoms with Gasteiger partial charge < -0.3 is 5.11 Å². The summed E-state index contributed by atoms with van der Waals surface area (Å²) < 4.78 is 40.5. The van der Waals surface area contributed by atoms with Crippen LogP contribution >= 0.6 is 0 Å². The summed E-state index contributed by atoms with van der Waals surface area (Å²) in [5, 5.41) is 9.28. The Morgan fingerprint density at radius 2 is 1.25 bits per heavy atom. The molecular formula is C25H17F3N2O2. The minimum atomic E-state index is -1.06. The van der Waals surface area contributed by atoms with Gasteiger partial charge in [-0.25, -0.2) is 23.1 Å². The van der Waals surface area contributed by atoms with Gasteiger partial charge in [0.25, 0.3) is 0 Å². The molecule has 7 heteroatoms. The van der Waals surface area contributed by atoms with E-state index in [9.17, 15) is 23.1 Å². The van der Waals surface area contributed by atoms with Crippen molar-refractivity contribution >= 4 is 5.97 Å². The van der Waals surface area contributed by atoms with Crippen LogP contribution in [0.1, 0.15) is 28.4 Å². The summed E-state index contributed by atoms with van der Waals surface area (Å²) in [5.41, 5.74) is 2.60. The molecule has 0 saturated heterocycles. The van der Waals surface area contributed by atoms with Gasteiger partial charge in [0.05, 0.1) is 18.0 Å². The lowest BCUT2D eigenvalue weighted by molar-refractivity contribution is -0.136. The molecular weight excluding hydrogens is 417 g/mol. The fourth-order valence-electron chi connectivity index (χ4n) is 3.51. The van der Waals surface area contributed by atoms with E-state index in [2.05, 4.69) is 9.97 Å². The lowest BCUT2D eigenvalue weighted by atomic mass is 9.90. The van der Waals surface area contributed by atoms with Gasteiger partial charge >= 0.3 is 5.97 Å². The zero-order chi connectivity index (χ0) is 22.7. The van der Waals surface area contributed by atoms with E-state index in [-0.39, 0.29) is 6.42 Å². The van der Waals surface area contributed by atoms with Crippen LogP contribution < -0.4 is 0 Å². The molecule has 1 aromatic heterocycles. The van der Waals surface area contributed by atoms with Gasteiger partial charge in [-0.1, -0.05) is 24.3 Å². The SMILES string of the molecule is O=C(O)Cc1cnc(C(c2ccc(F)cc2)c2ccc(F)cc2)nc1-c1ccc(F)cc1. The van der Waals surface area contributed by atoms with Crippen molar-refractivity contribution in [3.63, 3.8) is 0 Å². The third-order valence-corrected chi connectivity index (χ3v) is 5.01. The summed E-state index contributed by atoms with van der Waals surface area (Å²) in [6, 6.07) is 17.2. The molecule has 0 fully saturated rings. The van der Waals surface area contributed by atoms with Crippen molar-refractivity contribution in [3.05, 3.63) is 119 Å². The van der Waals surface area contributed by atoms with E-state index in [0.717, 1.165) is 0 Å². The number of hydrogen-bond acceptors (Lipinski definition) is 3. The predicted octanol–water partition coefficient (Wildman–Crippen LogP) is 5.37. The molecule has 32 heavy (non-hydrogen) atoms. The predicted molar refractivity (Wildman–Crippen MR) is 113 cm³/mol. The molecule has 0 aliphatic heterocycles. The summed E-state index contributed by atoms with van der Waals surface area (Å²) in [6.45, 7) is 0. The Bertz CT molecular complexity index is 1200. The molecule has 4 rings (SSSR count). The van der Waals surface area contributed by atoms with E-state index >= 15 is 0 Å². The summed E-state index contributed by atoms with van der Waals surface area (Å²) >= 11 is 0. The van der Waals surface area contributed by atoms with Crippen LogP contribution in [0.5, 0.6) is 0 Å². The molecule has 1 N–H and O–H groups in total. The highest BCUT2D eigenvalue weighted by Crippen LogP contribution is 2.32. The Kier molecular flexibility index (Phi) is 5.98. The first-order chi connectivity index (χ1) is 15.4. The van der Waals surface area contributed by atoms with E-state index < -0.39 is 29.3 Å². The summed E-state index contributed by atoms with van der Waals surface area (Å²) in [4.78, 5) is 20.4. The average molecular weight is 434 g/mol. The number of aromatic nitrogens is 2. The monoisotopic (exact) mass is 434 g/mol. The van der Waals surface area contributed by atoms with Gasteiger partial charge in [-0.3, -0.25) is 4.79 Å². The van der Waals surface area contributed by atoms with Gasteiger partial charge in [0, 0.05) is 17.3 Å². The number of carbonyl (C=O) groups is 1. The lowest BCUT2D eigenvalue weighted by Crippen LogP contribution is -2.12. The molecule has 1 heterocycles. The Labute approximate surface area is 182 Å². The van der Waals surface area contributed by atoms with E-state index in [1.807, 2.05) is 0 Å². The quantitative estimate of drug-likeness (QED) is 0.443. The second kappa shape index (κ2) is 9.01. The normalized spacial score (nSPS) is 11.0. The Balaban J connectivity index is 1.89. The van der Waals surface area contributed by atoms with Crippen LogP contribution in [0.15, 0.2) is 79.0 Å². The molecule has 0 bridgehead atoms. The molecule has 0 aliphatic rings. The van der Waals surface area contributed by atoms with Crippen LogP contribution in [0.2, 0.25) is 0 Å². The first kappa shape index (κ1) is 21.2. The number of halogens is 3. The maximum absolute atomic E-state index is 13.5. The molecule has 3 aromatic carbocycles. The average Bonchev–Trinajstić information content (AvgIpc) is 2.78. The molecule has 160 valence electrons. The van der Waals surface area contributed by atoms with Crippen molar-refractivity contribution in [2.75, 3.05) is 0 Å². The molecule has 0 atom stereocenters. The van der Waals surface area contributed by atoms with E-state index in [4.69, 9.17) is 0 Å². The minimum Gasteiger partial charge on any atom is -0.481 e. The highest BCUT2D eigenvalue weighted by atomic mass is 19.1.